The molecule has 1 amide bonds. The standard InChI is InChI=1S/C16H20N2O/c1-13(2)8-7-11-18(16(19)12-17)14(3)15-9-5-4-6-10-15/h4-6,9-10,14H,1,7-8,11H2,2-3H3/t14-/m1/s1. The van der Waals surface area contributed by atoms with E-state index in [1.807, 2.05) is 44.2 Å². The number of carbonyl (C=O) groups is 1. The topological polar surface area (TPSA) is 44.1 Å². The van der Waals surface area contributed by atoms with Gasteiger partial charge < -0.3 is 4.90 Å². The highest BCUT2D eigenvalue weighted by molar-refractivity contribution is 5.91. The fourth-order valence-corrected chi connectivity index (χ4v) is 2.00. The molecule has 0 aliphatic carbocycles. The fourth-order valence-electron chi connectivity index (χ4n) is 2.00. The molecule has 1 rings (SSSR count). The zero-order chi connectivity index (χ0) is 14.3. The Balaban J connectivity index is 2.77. The number of nitrogens with zero attached hydrogens (tertiary/aromatic N) is 2. The van der Waals surface area contributed by atoms with E-state index < -0.39 is 5.91 Å². The fraction of sp³-hybridized carbons (Fsp3) is 0.375. The maximum absolute atomic E-state index is 11.7. The van der Waals surface area contributed by atoms with Crippen LogP contribution in [0.3, 0.4) is 0 Å². The number of rotatable bonds is 6. The van der Waals surface area contributed by atoms with Crippen LogP contribution < -0.4 is 0 Å². The van der Waals surface area contributed by atoms with Gasteiger partial charge in [-0.25, -0.2) is 0 Å². The molecule has 0 aliphatic heterocycles. The molecule has 19 heavy (non-hydrogen) atoms. The summed E-state index contributed by atoms with van der Waals surface area (Å²) < 4.78 is 0. The van der Waals surface area contributed by atoms with Crippen LogP contribution in [0.4, 0.5) is 0 Å². The number of hydrogen-bond acceptors (Lipinski definition) is 2. The normalized spacial score (nSPS) is 11.4. The number of carbonyl (C=O) groups excluding carboxylic acids is 1. The molecular weight excluding hydrogens is 236 g/mol. The van der Waals surface area contributed by atoms with E-state index in [0.717, 1.165) is 24.0 Å². The van der Waals surface area contributed by atoms with Crippen LogP contribution in [0.1, 0.15) is 38.3 Å². The second-order valence-electron chi connectivity index (χ2n) is 4.76. The molecular formula is C16H20N2O. The van der Waals surface area contributed by atoms with Crippen molar-refractivity contribution in [2.75, 3.05) is 6.54 Å². The molecule has 0 aliphatic rings. The van der Waals surface area contributed by atoms with E-state index in [0.29, 0.717) is 6.54 Å². The lowest BCUT2D eigenvalue weighted by molar-refractivity contribution is -0.127. The van der Waals surface area contributed by atoms with Crippen molar-refractivity contribution in [1.82, 2.24) is 4.90 Å². The third-order valence-corrected chi connectivity index (χ3v) is 3.11. The van der Waals surface area contributed by atoms with Crippen molar-refractivity contribution in [2.45, 2.75) is 32.7 Å². The van der Waals surface area contributed by atoms with Gasteiger partial charge in [0.15, 0.2) is 6.07 Å². The summed E-state index contributed by atoms with van der Waals surface area (Å²) in [6, 6.07) is 11.4. The lowest BCUT2D eigenvalue weighted by atomic mass is 10.1. The lowest BCUT2D eigenvalue weighted by Crippen LogP contribution is -2.33. The summed E-state index contributed by atoms with van der Waals surface area (Å²) in [6.45, 7) is 8.35. The maximum Gasteiger partial charge on any atom is 0.325 e. The summed E-state index contributed by atoms with van der Waals surface area (Å²) in [5.41, 5.74) is 2.14. The predicted molar refractivity (Wildman–Crippen MR) is 76.2 cm³/mol. The number of allylic oxidation sites excluding steroid dienone is 1. The molecule has 0 fully saturated rings. The van der Waals surface area contributed by atoms with Gasteiger partial charge in [-0.05, 0) is 32.3 Å². The molecule has 0 radical (unpaired) electrons. The van der Waals surface area contributed by atoms with E-state index in [9.17, 15) is 4.79 Å². The molecule has 0 aromatic heterocycles. The molecule has 0 N–H and O–H groups in total. The van der Waals surface area contributed by atoms with E-state index >= 15 is 0 Å². The van der Waals surface area contributed by atoms with Gasteiger partial charge in [0.05, 0.1) is 6.04 Å². The van der Waals surface area contributed by atoms with Crippen LogP contribution in [0, 0.1) is 11.3 Å². The third-order valence-electron chi connectivity index (χ3n) is 3.11. The molecule has 1 aromatic carbocycles. The minimum Gasteiger partial charge on any atom is -0.323 e. The average Bonchev–Trinajstić information content (AvgIpc) is 2.43. The van der Waals surface area contributed by atoms with E-state index in [1.165, 1.54) is 0 Å². The van der Waals surface area contributed by atoms with Crippen LogP contribution >= 0.6 is 0 Å². The van der Waals surface area contributed by atoms with Crippen LogP contribution in [-0.2, 0) is 4.79 Å². The summed E-state index contributed by atoms with van der Waals surface area (Å²) >= 11 is 0. The summed E-state index contributed by atoms with van der Waals surface area (Å²) in [5, 5.41) is 8.85. The second kappa shape index (κ2) is 7.38. The first kappa shape index (κ1) is 15.0. The Labute approximate surface area is 115 Å². The van der Waals surface area contributed by atoms with Gasteiger partial charge in [0.2, 0.25) is 0 Å². The van der Waals surface area contributed by atoms with Gasteiger partial charge in [0.25, 0.3) is 0 Å². The molecule has 0 spiro atoms. The van der Waals surface area contributed by atoms with E-state index in [2.05, 4.69) is 6.58 Å². The molecule has 100 valence electrons. The van der Waals surface area contributed by atoms with Crippen molar-refractivity contribution in [2.24, 2.45) is 0 Å². The molecule has 0 saturated carbocycles. The summed E-state index contributed by atoms with van der Waals surface area (Å²) in [6.07, 6.45) is 1.71. The number of hydrogen-bond donors (Lipinski definition) is 0. The van der Waals surface area contributed by atoms with E-state index in [4.69, 9.17) is 5.26 Å². The maximum atomic E-state index is 11.7. The summed E-state index contributed by atoms with van der Waals surface area (Å²) in [5.74, 6) is -0.474. The SMILES string of the molecule is C=C(C)CCCN(C(=O)C#N)[C@H](C)c1ccccc1. The van der Waals surface area contributed by atoms with Gasteiger partial charge in [0.1, 0.15) is 0 Å². The van der Waals surface area contributed by atoms with Gasteiger partial charge in [0, 0.05) is 6.54 Å². The smallest absolute Gasteiger partial charge is 0.323 e. The van der Waals surface area contributed by atoms with E-state index in [-0.39, 0.29) is 6.04 Å². The molecule has 0 heterocycles. The second-order valence-corrected chi connectivity index (χ2v) is 4.76. The Morgan fingerprint density at radius 3 is 2.58 bits per heavy atom. The highest BCUT2D eigenvalue weighted by Crippen LogP contribution is 2.20. The largest absolute Gasteiger partial charge is 0.325 e. The van der Waals surface area contributed by atoms with Crippen molar-refractivity contribution >= 4 is 5.91 Å². The molecule has 0 saturated heterocycles. The van der Waals surface area contributed by atoms with Crippen molar-refractivity contribution in [3.63, 3.8) is 0 Å². The first-order valence-electron chi connectivity index (χ1n) is 6.46. The predicted octanol–water partition coefficient (Wildman–Crippen LogP) is 3.46. The van der Waals surface area contributed by atoms with Gasteiger partial charge >= 0.3 is 5.91 Å². The van der Waals surface area contributed by atoms with Gasteiger partial charge in [-0.15, -0.1) is 6.58 Å². The summed E-state index contributed by atoms with van der Waals surface area (Å²) in [7, 11) is 0. The number of benzene rings is 1. The summed E-state index contributed by atoms with van der Waals surface area (Å²) in [4.78, 5) is 13.4. The van der Waals surface area contributed by atoms with Crippen molar-refractivity contribution in [3.8, 4) is 6.07 Å². The highest BCUT2D eigenvalue weighted by atomic mass is 16.2. The first-order valence-corrected chi connectivity index (χ1v) is 6.46. The average molecular weight is 256 g/mol. The van der Waals surface area contributed by atoms with Crippen LogP contribution in [-0.4, -0.2) is 17.4 Å². The number of amides is 1. The van der Waals surface area contributed by atoms with Gasteiger partial charge in [-0.2, -0.15) is 5.26 Å². The zero-order valence-corrected chi connectivity index (χ0v) is 11.6. The molecule has 1 aromatic rings. The Hall–Kier alpha value is -2.08. The number of nitriles is 1. The quantitative estimate of drug-likeness (QED) is 0.578. The highest BCUT2D eigenvalue weighted by Gasteiger charge is 2.20. The van der Waals surface area contributed by atoms with Gasteiger partial charge in [-0.1, -0.05) is 35.9 Å². The zero-order valence-electron chi connectivity index (χ0n) is 11.6. The molecule has 3 nitrogen and oxygen atoms in total. The molecule has 3 heteroatoms. The Bertz CT molecular complexity index is 473. The Morgan fingerprint density at radius 1 is 1.42 bits per heavy atom. The minimum atomic E-state index is -0.474. The van der Waals surface area contributed by atoms with Crippen LogP contribution in [0.15, 0.2) is 42.5 Å². The Morgan fingerprint density at radius 2 is 2.05 bits per heavy atom. The van der Waals surface area contributed by atoms with Crippen LogP contribution in [0.5, 0.6) is 0 Å². The van der Waals surface area contributed by atoms with Crippen LogP contribution in [0.2, 0.25) is 0 Å². The van der Waals surface area contributed by atoms with E-state index in [1.54, 1.807) is 11.0 Å². The van der Waals surface area contributed by atoms with Gasteiger partial charge in [-0.3, -0.25) is 4.79 Å². The lowest BCUT2D eigenvalue weighted by Gasteiger charge is -2.27. The minimum absolute atomic E-state index is 0.0847. The van der Waals surface area contributed by atoms with Crippen molar-refractivity contribution in [1.29, 1.82) is 5.26 Å². The molecule has 0 unspecified atom stereocenters. The van der Waals surface area contributed by atoms with Crippen LogP contribution in [0.25, 0.3) is 0 Å². The molecule has 1 atom stereocenters. The molecule has 0 bridgehead atoms. The third kappa shape index (κ3) is 4.59. The van der Waals surface area contributed by atoms with Crippen molar-refractivity contribution < 1.29 is 4.79 Å². The first-order chi connectivity index (χ1) is 9.06. The van der Waals surface area contributed by atoms with Crippen molar-refractivity contribution in [3.05, 3.63) is 48.0 Å². The Kier molecular flexibility index (Phi) is 5.81. The monoisotopic (exact) mass is 256 g/mol.